The van der Waals surface area contributed by atoms with Crippen molar-refractivity contribution in [3.63, 3.8) is 0 Å². The van der Waals surface area contributed by atoms with E-state index in [2.05, 4.69) is 6.92 Å². The number of aliphatic hydroxyl groups is 1. The van der Waals surface area contributed by atoms with E-state index in [0.29, 0.717) is 24.9 Å². The second-order valence-electron chi connectivity index (χ2n) is 5.20. The Morgan fingerprint density at radius 1 is 1.47 bits per heavy atom. The van der Waals surface area contributed by atoms with Crippen LogP contribution in [0.5, 0.6) is 0 Å². The molecular formula is C12H25NO3S. The van der Waals surface area contributed by atoms with E-state index in [-0.39, 0.29) is 6.61 Å². The Morgan fingerprint density at radius 2 is 2.18 bits per heavy atom. The minimum absolute atomic E-state index is 0.225. The van der Waals surface area contributed by atoms with E-state index in [1.807, 2.05) is 0 Å². The fraction of sp³-hybridized carbons (Fsp3) is 1.00. The summed E-state index contributed by atoms with van der Waals surface area (Å²) in [6.07, 6.45) is 6.38. The summed E-state index contributed by atoms with van der Waals surface area (Å²) < 4.78 is 24.6. The van der Waals surface area contributed by atoms with Crippen LogP contribution < -0.4 is 0 Å². The Balaban J connectivity index is 2.49. The zero-order chi connectivity index (χ0) is 12.9. The molecule has 17 heavy (non-hydrogen) atoms. The third kappa shape index (κ3) is 4.94. The Kier molecular flexibility index (Phi) is 5.89. The molecule has 1 aliphatic rings. The number of aliphatic hydroxyl groups excluding tert-OH is 1. The number of rotatable bonds is 6. The average molecular weight is 263 g/mol. The lowest BCUT2D eigenvalue weighted by molar-refractivity contribution is 0.165. The van der Waals surface area contributed by atoms with Gasteiger partial charge >= 0.3 is 0 Å². The number of nitrogens with zero attached hydrogens (tertiary/aromatic N) is 1. The van der Waals surface area contributed by atoms with E-state index in [4.69, 9.17) is 0 Å². The molecule has 0 aromatic carbocycles. The molecule has 0 saturated carbocycles. The number of sulfonamides is 1. The van der Waals surface area contributed by atoms with Crippen molar-refractivity contribution in [2.45, 2.75) is 39.0 Å². The van der Waals surface area contributed by atoms with Crippen molar-refractivity contribution in [3.05, 3.63) is 0 Å². The molecule has 1 N–H and O–H groups in total. The van der Waals surface area contributed by atoms with E-state index < -0.39 is 10.0 Å². The lowest BCUT2D eigenvalue weighted by atomic mass is 9.87. The monoisotopic (exact) mass is 263 g/mol. The van der Waals surface area contributed by atoms with Crippen LogP contribution in [0.15, 0.2) is 0 Å². The van der Waals surface area contributed by atoms with Gasteiger partial charge in [-0.2, -0.15) is 0 Å². The molecule has 0 radical (unpaired) electrons. The SMILES string of the molecule is CCCC(CO)CC1CCCN(S(C)(=O)=O)C1. The first-order valence-electron chi connectivity index (χ1n) is 6.53. The largest absolute Gasteiger partial charge is 0.396 e. The predicted octanol–water partition coefficient (Wildman–Crippen LogP) is 1.46. The summed E-state index contributed by atoms with van der Waals surface area (Å²) in [4.78, 5) is 0. The van der Waals surface area contributed by atoms with E-state index in [9.17, 15) is 13.5 Å². The molecule has 5 heteroatoms. The summed E-state index contributed by atoms with van der Waals surface area (Å²) >= 11 is 0. The number of piperidine rings is 1. The standard InChI is InChI=1S/C12H25NO3S/c1-3-5-12(10-14)8-11-6-4-7-13(9-11)17(2,15)16/h11-12,14H,3-10H2,1-2H3. The van der Waals surface area contributed by atoms with Crippen molar-refractivity contribution in [2.24, 2.45) is 11.8 Å². The smallest absolute Gasteiger partial charge is 0.211 e. The molecule has 0 aliphatic carbocycles. The van der Waals surface area contributed by atoms with Crippen LogP contribution in [0, 0.1) is 11.8 Å². The van der Waals surface area contributed by atoms with Crippen molar-refractivity contribution >= 4 is 10.0 Å². The molecular weight excluding hydrogens is 238 g/mol. The molecule has 1 fully saturated rings. The van der Waals surface area contributed by atoms with Crippen LogP contribution in [0.4, 0.5) is 0 Å². The third-order valence-corrected chi connectivity index (χ3v) is 4.84. The van der Waals surface area contributed by atoms with Crippen LogP contribution in [0.25, 0.3) is 0 Å². The summed E-state index contributed by atoms with van der Waals surface area (Å²) in [6, 6.07) is 0. The molecule has 0 aromatic rings. The first-order valence-corrected chi connectivity index (χ1v) is 8.38. The maximum absolute atomic E-state index is 11.5. The molecule has 1 saturated heterocycles. The van der Waals surface area contributed by atoms with Gasteiger partial charge in [-0.25, -0.2) is 12.7 Å². The summed E-state index contributed by atoms with van der Waals surface area (Å²) in [7, 11) is -3.04. The van der Waals surface area contributed by atoms with Crippen molar-refractivity contribution in [3.8, 4) is 0 Å². The normalized spacial score (nSPS) is 24.8. The van der Waals surface area contributed by atoms with Gasteiger partial charge in [0.05, 0.1) is 6.26 Å². The van der Waals surface area contributed by atoms with Gasteiger partial charge in [0.15, 0.2) is 0 Å². The molecule has 4 nitrogen and oxygen atoms in total. The molecule has 0 spiro atoms. The van der Waals surface area contributed by atoms with Gasteiger partial charge in [0.25, 0.3) is 0 Å². The van der Waals surface area contributed by atoms with Gasteiger partial charge in [0, 0.05) is 19.7 Å². The molecule has 1 heterocycles. The van der Waals surface area contributed by atoms with Crippen LogP contribution in [0.3, 0.4) is 0 Å². The lowest BCUT2D eigenvalue weighted by Crippen LogP contribution is -2.39. The van der Waals surface area contributed by atoms with Gasteiger partial charge in [-0.3, -0.25) is 0 Å². The lowest BCUT2D eigenvalue weighted by Gasteiger charge is -2.32. The maximum atomic E-state index is 11.5. The molecule has 1 rings (SSSR count). The highest BCUT2D eigenvalue weighted by molar-refractivity contribution is 7.88. The van der Waals surface area contributed by atoms with Crippen LogP contribution in [-0.4, -0.2) is 43.8 Å². The highest BCUT2D eigenvalue weighted by atomic mass is 32.2. The highest BCUT2D eigenvalue weighted by Gasteiger charge is 2.27. The molecule has 0 amide bonds. The van der Waals surface area contributed by atoms with Crippen molar-refractivity contribution in [2.75, 3.05) is 26.0 Å². The molecule has 102 valence electrons. The number of hydrogen-bond donors (Lipinski definition) is 1. The fourth-order valence-corrected chi connectivity index (χ4v) is 3.63. The molecule has 1 aliphatic heterocycles. The van der Waals surface area contributed by atoms with E-state index in [1.54, 1.807) is 4.31 Å². The third-order valence-electron chi connectivity index (χ3n) is 3.57. The number of hydrogen-bond acceptors (Lipinski definition) is 3. The first kappa shape index (κ1) is 14.9. The Hall–Kier alpha value is -0.130. The maximum Gasteiger partial charge on any atom is 0.211 e. The van der Waals surface area contributed by atoms with Gasteiger partial charge in [-0.15, -0.1) is 0 Å². The molecule has 0 bridgehead atoms. The van der Waals surface area contributed by atoms with Gasteiger partial charge in [-0.1, -0.05) is 13.3 Å². The second-order valence-corrected chi connectivity index (χ2v) is 7.18. The molecule has 2 unspecified atom stereocenters. The average Bonchev–Trinajstić information content (AvgIpc) is 2.28. The van der Waals surface area contributed by atoms with E-state index in [0.717, 1.165) is 32.1 Å². The van der Waals surface area contributed by atoms with Gasteiger partial charge in [0.1, 0.15) is 0 Å². The quantitative estimate of drug-likeness (QED) is 0.789. The van der Waals surface area contributed by atoms with Crippen LogP contribution in [0.1, 0.15) is 39.0 Å². The van der Waals surface area contributed by atoms with E-state index >= 15 is 0 Å². The first-order chi connectivity index (χ1) is 7.97. The summed E-state index contributed by atoms with van der Waals surface area (Å²) in [6.45, 7) is 3.64. The topological polar surface area (TPSA) is 57.6 Å². The van der Waals surface area contributed by atoms with Crippen molar-refractivity contribution in [1.29, 1.82) is 0 Å². The van der Waals surface area contributed by atoms with Crippen molar-refractivity contribution < 1.29 is 13.5 Å². The zero-order valence-corrected chi connectivity index (χ0v) is 11.7. The molecule has 2 atom stereocenters. The predicted molar refractivity (Wildman–Crippen MR) is 69.2 cm³/mol. The Bertz CT molecular complexity index is 316. The zero-order valence-electron chi connectivity index (χ0n) is 10.9. The van der Waals surface area contributed by atoms with Gasteiger partial charge < -0.3 is 5.11 Å². The van der Waals surface area contributed by atoms with Crippen molar-refractivity contribution in [1.82, 2.24) is 4.31 Å². The summed E-state index contributed by atoms with van der Waals surface area (Å²) in [5.74, 6) is 0.756. The second kappa shape index (κ2) is 6.71. The van der Waals surface area contributed by atoms with Crippen LogP contribution in [0.2, 0.25) is 0 Å². The fourth-order valence-electron chi connectivity index (χ4n) is 2.68. The summed E-state index contributed by atoms with van der Waals surface area (Å²) in [5.41, 5.74) is 0. The Morgan fingerprint density at radius 3 is 2.71 bits per heavy atom. The Labute approximate surface area is 105 Å². The van der Waals surface area contributed by atoms with Crippen LogP contribution in [-0.2, 0) is 10.0 Å². The molecule has 0 aromatic heterocycles. The minimum Gasteiger partial charge on any atom is -0.396 e. The van der Waals surface area contributed by atoms with Crippen LogP contribution >= 0.6 is 0 Å². The van der Waals surface area contributed by atoms with Gasteiger partial charge in [0.2, 0.25) is 10.0 Å². The highest BCUT2D eigenvalue weighted by Crippen LogP contribution is 2.26. The van der Waals surface area contributed by atoms with E-state index in [1.165, 1.54) is 6.26 Å². The van der Waals surface area contributed by atoms with Gasteiger partial charge in [-0.05, 0) is 37.5 Å². The summed E-state index contributed by atoms with van der Waals surface area (Å²) in [5, 5.41) is 9.28. The minimum atomic E-state index is -3.04.